The molecule has 88 valence electrons. The van der Waals surface area contributed by atoms with Crippen LogP contribution in [0.15, 0.2) is 22.7 Å². The average molecular weight is 307 g/mol. The molecule has 0 aliphatic carbocycles. The molecule has 0 aliphatic heterocycles. The molecular formula is C10H13BrClN3O. The summed E-state index contributed by atoms with van der Waals surface area (Å²) in [5, 5.41) is 6.36. The summed E-state index contributed by atoms with van der Waals surface area (Å²) in [4.78, 5) is 10.4. The highest BCUT2D eigenvalue weighted by Gasteiger charge is 1.98. The number of primary amides is 1. The van der Waals surface area contributed by atoms with Gasteiger partial charge in [0.15, 0.2) is 0 Å². The van der Waals surface area contributed by atoms with Crippen LogP contribution in [-0.2, 0) is 6.54 Å². The lowest BCUT2D eigenvalue weighted by Crippen LogP contribution is -2.35. The van der Waals surface area contributed by atoms with Gasteiger partial charge in [0, 0.05) is 24.1 Å². The summed E-state index contributed by atoms with van der Waals surface area (Å²) < 4.78 is 0.878. The van der Waals surface area contributed by atoms with E-state index in [4.69, 9.17) is 17.3 Å². The van der Waals surface area contributed by atoms with E-state index in [1.165, 1.54) is 0 Å². The van der Waals surface area contributed by atoms with E-state index < -0.39 is 6.03 Å². The van der Waals surface area contributed by atoms with Crippen LogP contribution in [0.25, 0.3) is 0 Å². The molecule has 0 spiro atoms. The zero-order valence-corrected chi connectivity index (χ0v) is 10.9. The molecule has 4 nitrogen and oxygen atoms in total. The molecule has 0 saturated heterocycles. The van der Waals surface area contributed by atoms with Crippen molar-refractivity contribution in [3.8, 4) is 0 Å². The van der Waals surface area contributed by atoms with Gasteiger partial charge >= 0.3 is 6.03 Å². The number of halogens is 2. The molecule has 0 bridgehead atoms. The maximum atomic E-state index is 10.4. The van der Waals surface area contributed by atoms with Gasteiger partial charge in [-0.2, -0.15) is 0 Å². The maximum Gasteiger partial charge on any atom is 0.312 e. The standard InChI is InChI=1S/C10H13BrClN3O/c11-8-5-7(1-2-9(8)12)6-14-3-4-15-10(13)16/h1-2,5,14H,3-4,6H2,(H3,13,15,16). The number of carbonyl (C=O) groups is 1. The first kappa shape index (κ1) is 13.3. The third-order valence-electron chi connectivity index (χ3n) is 1.91. The summed E-state index contributed by atoms with van der Waals surface area (Å²) in [6.45, 7) is 1.91. The molecular weight excluding hydrogens is 293 g/mol. The first-order valence-electron chi connectivity index (χ1n) is 4.77. The van der Waals surface area contributed by atoms with Crippen LogP contribution in [0.1, 0.15) is 5.56 Å². The zero-order valence-electron chi connectivity index (χ0n) is 8.59. The van der Waals surface area contributed by atoms with E-state index in [0.29, 0.717) is 18.1 Å². The quantitative estimate of drug-likeness (QED) is 0.727. The Bertz CT molecular complexity index is 373. The summed E-state index contributed by atoms with van der Waals surface area (Å²) >= 11 is 9.23. The number of amides is 2. The first-order chi connectivity index (χ1) is 7.59. The Labute approximate surface area is 108 Å². The summed E-state index contributed by atoms with van der Waals surface area (Å²) in [7, 11) is 0. The highest BCUT2D eigenvalue weighted by atomic mass is 79.9. The molecule has 6 heteroatoms. The van der Waals surface area contributed by atoms with Crippen molar-refractivity contribution >= 4 is 33.6 Å². The zero-order chi connectivity index (χ0) is 12.0. The van der Waals surface area contributed by atoms with E-state index in [1.807, 2.05) is 18.2 Å². The monoisotopic (exact) mass is 305 g/mol. The third kappa shape index (κ3) is 4.83. The van der Waals surface area contributed by atoms with E-state index in [1.54, 1.807) is 0 Å². The lowest BCUT2D eigenvalue weighted by Gasteiger charge is -2.06. The number of benzene rings is 1. The van der Waals surface area contributed by atoms with Gasteiger partial charge in [0.05, 0.1) is 5.02 Å². The molecule has 1 rings (SSSR count). The maximum absolute atomic E-state index is 10.4. The fourth-order valence-electron chi connectivity index (χ4n) is 1.16. The largest absolute Gasteiger partial charge is 0.352 e. The second-order valence-corrected chi connectivity index (χ2v) is 4.48. The minimum Gasteiger partial charge on any atom is -0.352 e. The minimum atomic E-state index is -0.504. The van der Waals surface area contributed by atoms with Crippen LogP contribution in [0.3, 0.4) is 0 Å². The SMILES string of the molecule is NC(=O)NCCNCc1ccc(Cl)c(Br)c1. The summed E-state index contributed by atoms with van der Waals surface area (Å²) in [6, 6.07) is 5.24. The molecule has 0 radical (unpaired) electrons. The molecule has 0 aliphatic rings. The Morgan fingerprint density at radius 2 is 2.19 bits per heavy atom. The highest BCUT2D eigenvalue weighted by molar-refractivity contribution is 9.10. The topological polar surface area (TPSA) is 67.2 Å². The van der Waals surface area contributed by atoms with Crippen molar-refractivity contribution in [2.45, 2.75) is 6.54 Å². The van der Waals surface area contributed by atoms with E-state index in [2.05, 4.69) is 26.6 Å². The molecule has 4 N–H and O–H groups in total. The van der Waals surface area contributed by atoms with Gasteiger partial charge < -0.3 is 16.4 Å². The van der Waals surface area contributed by atoms with E-state index in [0.717, 1.165) is 16.6 Å². The van der Waals surface area contributed by atoms with E-state index in [-0.39, 0.29) is 0 Å². The van der Waals surface area contributed by atoms with Crippen LogP contribution >= 0.6 is 27.5 Å². The predicted molar refractivity (Wildman–Crippen MR) is 68.4 cm³/mol. The normalized spacial score (nSPS) is 10.1. The van der Waals surface area contributed by atoms with Crippen molar-refractivity contribution in [2.75, 3.05) is 13.1 Å². The molecule has 2 amide bonds. The lowest BCUT2D eigenvalue weighted by atomic mass is 10.2. The van der Waals surface area contributed by atoms with Gasteiger partial charge in [0.25, 0.3) is 0 Å². The second-order valence-electron chi connectivity index (χ2n) is 3.22. The van der Waals surface area contributed by atoms with Crippen LogP contribution in [-0.4, -0.2) is 19.1 Å². The molecule has 0 heterocycles. The van der Waals surface area contributed by atoms with Crippen molar-refractivity contribution in [3.05, 3.63) is 33.3 Å². The fraction of sp³-hybridized carbons (Fsp3) is 0.300. The Balaban J connectivity index is 2.27. The number of rotatable bonds is 5. The predicted octanol–water partition coefficient (Wildman–Crippen LogP) is 1.86. The van der Waals surface area contributed by atoms with Gasteiger partial charge in [-0.25, -0.2) is 4.79 Å². The highest BCUT2D eigenvalue weighted by Crippen LogP contribution is 2.22. The molecule has 16 heavy (non-hydrogen) atoms. The third-order valence-corrected chi connectivity index (χ3v) is 3.13. The molecule has 0 fully saturated rings. The second kappa shape index (κ2) is 6.73. The Morgan fingerprint density at radius 3 is 2.81 bits per heavy atom. The van der Waals surface area contributed by atoms with Gasteiger partial charge in [0.1, 0.15) is 0 Å². The number of nitrogens with one attached hydrogen (secondary N) is 2. The Hall–Kier alpha value is -0.780. The molecule has 1 aromatic rings. The Kier molecular flexibility index (Phi) is 5.59. The van der Waals surface area contributed by atoms with Gasteiger partial charge in [0.2, 0.25) is 0 Å². The van der Waals surface area contributed by atoms with E-state index in [9.17, 15) is 4.79 Å². The molecule has 1 aromatic carbocycles. The Morgan fingerprint density at radius 1 is 1.44 bits per heavy atom. The van der Waals surface area contributed by atoms with Gasteiger partial charge in [-0.1, -0.05) is 17.7 Å². The number of carbonyl (C=O) groups excluding carboxylic acids is 1. The molecule has 0 saturated carbocycles. The minimum absolute atomic E-state index is 0.504. The lowest BCUT2D eigenvalue weighted by molar-refractivity contribution is 0.249. The van der Waals surface area contributed by atoms with Crippen LogP contribution in [0.4, 0.5) is 4.79 Å². The number of nitrogens with two attached hydrogens (primary N) is 1. The smallest absolute Gasteiger partial charge is 0.312 e. The number of hydrogen-bond acceptors (Lipinski definition) is 2. The van der Waals surface area contributed by atoms with Gasteiger partial charge in [-0.15, -0.1) is 0 Å². The summed E-state index contributed by atoms with van der Waals surface area (Å²) in [6.07, 6.45) is 0. The van der Waals surface area contributed by atoms with Crippen molar-refractivity contribution < 1.29 is 4.79 Å². The van der Waals surface area contributed by atoms with Gasteiger partial charge in [-0.3, -0.25) is 0 Å². The van der Waals surface area contributed by atoms with Crippen molar-refractivity contribution in [1.29, 1.82) is 0 Å². The number of hydrogen-bond donors (Lipinski definition) is 3. The van der Waals surface area contributed by atoms with Crippen molar-refractivity contribution in [2.24, 2.45) is 5.73 Å². The fourth-order valence-corrected chi connectivity index (χ4v) is 1.70. The molecule has 0 aromatic heterocycles. The molecule has 0 atom stereocenters. The summed E-state index contributed by atoms with van der Waals surface area (Å²) in [5.41, 5.74) is 6.04. The van der Waals surface area contributed by atoms with Crippen LogP contribution in [0, 0.1) is 0 Å². The number of urea groups is 1. The van der Waals surface area contributed by atoms with Crippen molar-refractivity contribution in [1.82, 2.24) is 10.6 Å². The summed E-state index contributed by atoms with van der Waals surface area (Å²) in [5.74, 6) is 0. The molecule has 0 unspecified atom stereocenters. The average Bonchev–Trinajstić information content (AvgIpc) is 2.22. The van der Waals surface area contributed by atoms with Crippen LogP contribution in [0.5, 0.6) is 0 Å². The van der Waals surface area contributed by atoms with Crippen LogP contribution in [0.2, 0.25) is 5.02 Å². The van der Waals surface area contributed by atoms with Crippen LogP contribution < -0.4 is 16.4 Å². The van der Waals surface area contributed by atoms with Crippen molar-refractivity contribution in [3.63, 3.8) is 0 Å². The first-order valence-corrected chi connectivity index (χ1v) is 5.94. The van der Waals surface area contributed by atoms with E-state index >= 15 is 0 Å². The van der Waals surface area contributed by atoms with Gasteiger partial charge in [-0.05, 0) is 33.6 Å².